The summed E-state index contributed by atoms with van der Waals surface area (Å²) < 4.78 is 34.3. The number of nitrogens with zero attached hydrogens (tertiary/aromatic N) is 2. The Labute approximate surface area is 188 Å². The summed E-state index contributed by atoms with van der Waals surface area (Å²) in [5, 5.41) is 10.4. The van der Waals surface area contributed by atoms with Crippen LogP contribution in [0.5, 0.6) is 5.75 Å². The van der Waals surface area contributed by atoms with Crippen molar-refractivity contribution < 1.29 is 17.9 Å². The minimum Gasteiger partial charge on any atom is -0.487 e. The van der Waals surface area contributed by atoms with Crippen LogP contribution in [0.25, 0.3) is 0 Å². The molecule has 0 saturated heterocycles. The van der Waals surface area contributed by atoms with Gasteiger partial charge in [0.05, 0.1) is 16.6 Å². The van der Waals surface area contributed by atoms with Crippen molar-refractivity contribution in [1.82, 2.24) is 14.9 Å². The maximum Gasteiger partial charge on any atom is 0.270 e. The van der Waals surface area contributed by atoms with Crippen molar-refractivity contribution >= 4 is 44.0 Å². The summed E-state index contributed by atoms with van der Waals surface area (Å²) in [6.45, 7) is 3.80. The molecule has 162 valence electrons. The number of hydrogen-bond acceptors (Lipinski definition) is 7. The fourth-order valence-corrected chi connectivity index (χ4v) is 5.67. The van der Waals surface area contributed by atoms with Gasteiger partial charge < -0.3 is 4.74 Å². The minimum atomic E-state index is -3.98. The molecule has 11 heteroatoms. The Morgan fingerprint density at radius 3 is 2.65 bits per heavy atom. The Morgan fingerprint density at radius 1 is 1.16 bits per heavy atom. The highest BCUT2D eigenvalue weighted by Crippen LogP contribution is 2.40. The molecule has 0 saturated carbocycles. The number of halogens is 1. The normalized spacial score (nSPS) is 17.5. The van der Waals surface area contributed by atoms with Gasteiger partial charge >= 0.3 is 0 Å². The summed E-state index contributed by atoms with van der Waals surface area (Å²) in [4.78, 5) is 12.4. The lowest BCUT2D eigenvalue weighted by Gasteiger charge is -2.37. The molecule has 2 N–H and O–H groups in total. The number of nitrogens with one attached hydrogen (secondary N) is 2. The maximum absolute atomic E-state index is 13.0. The number of rotatable bonds is 5. The third kappa shape index (κ3) is 4.72. The molecule has 3 aromatic rings. The zero-order valence-corrected chi connectivity index (χ0v) is 19.0. The zero-order chi connectivity index (χ0) is 22.2. The molecule has 31 heavy (non-hydrogen) atoms. The van der Waals surface area contributed by atoms with Gasteiger partial charge in [-0.2, -0.15) is 0 Å². The van der Waals surface area contributed by atoms with Crippen LogP contribution in [0.1, 0.15) is 42.2 Å². The molecule has 1 aliphatic rings. The average molecular weight is 479 g/mol. The molecule has 1 amide bonds. The van der Waals surface area contributed by atoms with Crippen molar-refractivity contribution in [3.05, 3.63) is 64.7 Å². The van der Waals surface area contributed by atoms with Crippen LogP contribution in [0.2, 0.25) is 5.02 Å². The van der Waals surface area contributed by atoms with Gasteiger partial charge in [-0.3, -0.25) is 10.1 Å². The van der Waals surface area contributed by atoms with E-state index in [4.69, 9.17) is 16.3 Å². The second kappa shape index (κ2) is 8.19. The maximum atomic E-state index is 13.0. The number of carbonyl (C=O) groups excluding carboxylic acids is 1. The molecule has 0 radical (unpaired) electrons. The molecule has 1 aliphatic heterocycles. The van der Waals surface area contributed by atoms with Gasteiger partial charge in [0, 0.05) is 12.0 Å². The van der Waals surface area contributed by atoms with Crippen LogP contribution in [-0.2, 0) is 10.0 Å². The zero-order valence-electron chi connectivity index (χ0n) is 16.6. The number of amides is 1. The monoisotopic (exact) mass is 478 g/mol. The quantitative estimate of drug-likeness (QED) is 0.536. The van der Waals surface area contributed by atoms with Crippen molar-refractivity contribution in [2.75, 3.05) is 5.32 Å². The molecule has 0 bridgehead atoms. The summed E-state index contributed by atoms with van der Waals surface area (Å²) in [5.74, 6) is 0.134. The Kier molecular flexibility index (Phi) is 5.73. The number of carbonyl (C=O) groups is 1. The van der Waals surface area contributed by atoms with E-state index < -0.39 is 27.6 Å². The van der Waals surface area contributed by atoms with Gasteiger partial charge in [-0.25, -0.2) is 13.1 Å². The van der Waals surface area contributed by atoms with Crippen molar-refractivity contribution in [3.8, 4) is 5.75 Å². The molecule has 2 heterocycles. The van der Waals surface area contributed by atoms with Gasteiger partial charge in [-0.05, 0) is 32.0 Å². The molecule has 8 nitrogen and oxygen atoms in total. The molecule has 0 fully saturated rings. The first kappa shape index (κ1) is 21.7. The molecular weight excluding hydrogens is 460 g/mol. The van der Waals surface area contributed by atoms with E-state index >= 15 is 0 Å². The van der Waals surface area contributed by atoms with E-state index in [-0.39, 0.29) is 20.1 Å². The summed E-state index contributed by atoms with van der Waals surface area (Å²) in [5.41, 5.74) is 0.460. The largest absolute Gasteiger partial charge is 0.487 e. The number of para-hydroxylation sites is 1. The summed E-state index contributed by atoms with van der Waals surface area (Å²) in [7, 11) is -3.98. The number of sulfonamides is 1. The molecule has 1 aromatic heterocycles. The van der Waals surface area contributed by atoms with E-state index in [1.54, 1.807) is 24.3 Å². The lowest BCUT2D eigenvalue weighted by atomic mass is 9.90. The van der Waals surface area contributed by atoms with Gasteiger partial charge in [0.1, 0.15) is 11.4 Å². The van der Waals surface area contributed by atoms with Gasteiger partial charge in [0.15, 0.2) is 0 Å². The lowest BCUT2D eigenvalue weighted by Crippen LogP contribution is -2.41. The highest BCUT2D eigenvalue weighted by atomic mass is 35.5. The van der Waals surface area contributed by atoms with Crippen LogP contribution < -0.4 is 14.8 Å². The van der Waals surface area contributed by atoms with Crippen LogP contribution in [0.3, 0.4) is 0 Å². The Balaban J connectivity index is 1.54. The number of ether oxygens (including phenoxy) is 1. The second-order valence-electron chi connectivity index (χ2n) is 7.58. The summed E-state index contributed by atoms with van der Waals surface area (Å²) in [6, 6.07) is 13.3. The van der Waals surface area contributed by atoms with Crippen molar-refractivity contribution in [3.63, 3.8) is 0 Å². The van der Waals surface area contributed by atoms with E-state index in [1.165, 1.54) is 0 Å². The highest BCUT2D eigenvalue weighted by molar-refractivity contribution is 7.91. The first-order valence-electron chi connectivity index (χ1n) is 9.34. The highest BCUT2D eigenvalue weighted by Gasteiger charge is 2.36. The predicted octanol–water partition coefficient (Wildman–Crippen LogP) is 4.02. The van der Waals surface area contributed by atoms with Gasteiger partial charge in [0.25, 0.3) is 15.9 Å². The van der Waals surface area contributed by atoms with Crippen LogP contribution in [-0.4, -0.2) is 30.1 Å². The molecule has 0 aliphatic carbocycles. The number of benzene rings is 2. The van der Waals surface area contributed by atoms with E-state index in [0.29, 0.717) is 12.2 Å². The predicted molar refractivity (Wildman–Crippen MR) is 118 cm³/mol. The van der Waals surface area contributed by atoms with Crippen LogP contribution in [0, 0.1) is 0 Å². The van der Waals surface area contributed by atoms with Crippen molar-refractivity contribution in [2.45, 2.75) is 36.3 Å². The Morgan fingerprint density at radius 2 is 1.87 bits per heavy atom. The average Bonchev–Trinajstić information content (AvgIpc) is 3.16. The first-order chi connectivity index (χ1) is 14.6. The van der Waals surface area contributed by atoms with E-state index in [2.05, 4.69) is 20.2 Å². The number of aromatic nitrogens is 2. The Bertz CT molecular complexity index is 1240. The summed E-state index contributed by atoms with van der Waals surface area (Å²) >= 11 is 6.79. The summed E-state index contributed by atoms with van der Waals surface area (Å²) in [6.07, 6.45) is 0.443. The molecule has 2 aromatic carbocycles. The number of fused-ring (bicyclic) bond motifs is 1. The minimum absolute atomic E-state index is 0.0537. The van der Waals surface area contributed by atoms with E-state index in [9.17, 15) is 13.2 Å². The number of hydrogen-bond donors (Lipinski definition) is 2. The fraction of sp³-hybridized carbons (Fsp3) is 0.250. The third-order valence-corrected chi connectivity index (χ3v) is 7.66. The molecule has 1 atom stereocenters. The molecule has 0 spiro atoms. The molecule has 0 unspecified atom stereocenters. The van der Waals surface area contributed by atoms with E-state index in [1.807, 2.05) is 38.1 Å². The van der Waals surface area contributed by atoms with Gasteiger partial charge in [-0.15, -0.1) is 10.2 Å². The SMILES string of the molecule is CC1(C)C[C@@H](NS(=O)(=O)c2nnc(NC(=O)c3ccccc3Cl)s2)c2ccccc2O1. The van der Waals surface area contributed by atoms with E-state index in [0.717, 1.165) is 16.9 Å². The number of anilines is 1. The standard InChI is InChI=1S/C20H19ClN4O4S2/c1-20(2)11-15(13-8-4-6-10-16(13)29-20)25-31(27,28)19-24-23-18(30-19)22-17(26)12-7-3-5-9-14(12)21/h3-10,15,25H,11H2,1-2H3,(H,22,23,26)/t15-/m1/s1. The third-order valence-electron chi connectivity index (χ3n) is 4.65. The van der Waals surface area contributed by atoms with Crippen LogP contribution in [0.4, 0.5) is 5.13 Å². The van der Waals surface area contributed by atoms with Crippen molar-refractivity contribution in [2.24, 2.45) is 0 Å². The molecule has 4 rings (SSSR count). The van der Waals surface area contributed by atoms with Crippen LogP contribution in [0.15, 0.2) is 52.9 Å². The second-order valence-corrected chi connectivity index (χ2v) is 10.9. The first-order valence-corrected chi connectivity index (χ1v) is 12.0. The van der Waals surface area contributed by atoms with Crippen LogP contribution >= 0.6 is 22.9 Å². The Hall–Kier alpha value is -2.53. The van der Waals surface area contributed by atoms with Crippen molar-refractivity contribution in [1.29, 1.82) is 0 Å². The van der Waals surface area contributed by atoms with Gasteiger partial charge in [0.2, 0.25) is 9.47 Å². The van der Waals surface area contributed by atoms with Gasteiger partial charge in [-0.1, -0.05) is 53.3 Å². The molecular formula is C20H19ClN4O4S2. The fourth-order valence-electron chi connectivity index (χ4n) is 3.32. The smallest absolute Gasteiger partial charge is 0.270 e. The lowest BCUT2D eigenvalue weighted by molar-refractivity contribution is 0.0702. The topological polar surface area (TPSA) is 110 Å².